The lowest BCUT2D eigenvalue weighted by Crippen LogP contribution is -2.35. The standard InChI is InChI=1S/C12H14Cl2N2O2.ClH/c1-18-11-8(13)5-7(6-9(11)14)16-12(17)10-3-2-4-15-10;/h5-6,10,15H,2-4H2,1H3,(H,16,17);1H. The normalized spacial score (nSPS) is 17.7. The average molecular weight is 326 g/mol. The van der Waals surface area contributed by atoms with Gasteiger partial charge in [0.25, 0.3) is 0 Å². The van der Waals surface area contributed by atoms with E-state index in [0.717, 1.165) is 19.4 Å². The molecule has 1 atom stereocenters. The number of nitrogens with one attached hydrogen (secondary N) is 2. The molecule has 1 aromatic rings. The summed E-state index contributed by atoms with van der Waals surface area (Å²) in [7, 11) is 1.49. The minimum absolute atomic E-state index is 0. The zero-order valence-electron chi connectivity index (χ0n) is 10.3. The Morgan fingerprint density at radius 3 is 2.53 bits per heavy atom. The first-order valence-electron chi connectivity index (χ1n) is 5.69. The largest absolute Gasteiger partial charge is 0.494 e. The lowest BCUT2D eigenvalue weighted by Gasteiger charge is -2.13. The van der Waals surface area contributed by atoms with E-state index in [2.05, 4.69) is 10.6 Å². The van der Waals surface area contributed by atoms with Gasteiger partial charge in [0.1, 0.15) is 0 Å². The molecule has 4 nitrogen and oxygen atoms in total. The molecule has 2 rings (SSSR count). The quantitative estimate of drug-likeness (QED) is 0.898. The molecule has 2 N–H and O–H groups in total. The summed E-state index contributed by atoms with van der Waals surface area (Å²) in [6.07, 6.45) is 1.87. The van der Waals surface area contributed by atoms with Gasteiger partial charge in [0.2, 0.25) is 5.91 Å². The number of methoxy groups -OCH3 is 1. The Labute approximate surface area is 128 Å². The number of rotatable bonds is 3. The van der Waals surface area contributed by atoms with Crippen LogP contribution in [0.5, 0.6) is 5.75 Å². The van der Waals surface area contributed by atoms with E-state index in [9.17, 15) is 4.79 Å². The molecule has 1 saturated heterocycles. The summed E-state index contributed by atoms with van der Waals surface area (Å²) in [5.74, 6) is 0.347. The first-order valence-corrected chi connectivity index (χ1v) is 6.44. The summed E-state index contributed by atoms with van der Waals surface area (Å²) in [5.41, 5.74) is 0.574. The van der Waals surface area contributed by atoms with Crippen molar-refractivity contribution in [1.29, 1.82) is 0 Å². The third-order valence-corrected chi connectivity index (χ3v) is 3.41. The molecule has 1 unspecified atom stereocenters. The van der Waals surface area contributed by atoms with Crippen LogP contribution in [-0.4, -0.2) is 25.6 Å². The van der Waals surface area contributed by atoms with E-state index in [1.54, 1.807) is 12.1 Å². The molecule has 0 spiro atoms. The Kier molecular flexibility index (Phi) is 6.20. The monoisotopic (exact) mass is 324 g/mol. The fourth-order valence-corrected chi connectivity index (χ4v) is 2.61. The zero-order chi connectivity index (χ0) is 13.1. The van der Waals surface area contributed by atoms with Crippen LogP contribution >= 0.6 is 35.6 Å². The van der Waals surface area contributed by atoms with Crippen molar-refractivity contribution in [3.05, 3.63) is 22.2 Å². The number of benzene rings is 1. The maximum Gasteiger partial charge on any atom is 0.241 e. The number of halogens is 3. The van der Waals surface area contributed by atoms with Crippen molar-refractivity contribution in [3.8, 4) is 5.75 Å². The van der Waals surface area contributed by atoms with Gasteiger partial charge in [-0.3, -0.25) is 4.79 Å². The predicted molar refractivity (Wildman–Crippen MR) is 79.9 cm³/mol. The average Bonchev–Trinajstić information content (AvgIpc) is 2.81. The van der Waals surface area contributed by atoms with Crippen molar-refractivity contribution in [1.82, 2.24) is 5.32 Å². The lowest BCUT2D eigenvalue weighted by molar-refractivity contribution is -0.117. The number of carbonyl (C=O) groups excluding carboxylic acids is 1. The van der Waals surface area contributed by atoms with Gasteiger partial charge in [-0.25, -0.2) is 0 Å². The summed E-state index contributed by atoms with van der Waals surface area (Å²) in [6.45, 7) is 0.877. The van der Waals surface area contributed by atoms with E-state index in [0.29, 0.717) is 21.5 Å². The summed E-state index contributed by atoms with van der Waals surface area (Å²) in [5, 5.41) is 6.67. The van der Waals surface area contributed by atoms with E-state index < -0.39 is 0 Å². The van der Waals surface area contributed by atoms with Crippen LogP contribution in [0.3, 0.4) is 0 Å². The second-order valence-corrected chi connectivity index (χ2v) is 4.93. The molecular weight excluding hydrogens is 311 g/mol. The smallest absolute Gasteiger partial charge is 0.241 e. The molecule has 1 aliphatic rings. The number of carbonyl (C=O) groups is 1. The highest BCUT2D eigenvalue weighted by Gasteiger charge is 2.22. The molecule has 1 fully saturated rings. The van der Waals surface area contributed by atoms with Crippen LogP contribution in [0.25, 0.3) is 0 Å². The van der Waals surface area contributed by atoms with Gasteiger partial charge in [-0.1, -0.05) is 23.2 Å². The van der Waals surface area contributed by atoms with E-state index in [4.69, 9.17) is 27.9 Å². The van der Waals surface area contributed by atoms with Crippen molar-refractivity contribution in [3.63, 3.8) is 0 Å². The molecule has 106 valence electrons. The Hall–Kier alpha value is -0.680. The molecule has 0 aliphatic carbocycles. The van der Waals surface area contributed by atoms with Crippen LogP contribution in [0.15, 0.2) is 12.1 Å². The molecule has 1 aliphatic heterocycles. The number of hydrogen-bond donors (Lipinski definition) is 2. The van der Waals surface area contributed by atoms with Gasteiger partial charge in [-0.05, 0) is 31.5 Å². The van der Waals surface area contributed by atoms with Crippen molar-refractivity contribution >= 4 is 47.2 Å². The second kappa shape index (κ2) is 7.20. The highest BCUT2D eigenvalue weighted by Crippen LogP contribution is 2.35. The molecule has 0 saturated carbocycles. The van der Waals surface area contributed by atoms with Crippen molar-refractivity contribution in [2.24, 2.45) is 0 Å². The van der Waals surface area contributed by atoms with E-state index in [-0.39, 0.29) is 24.4 Å². The van der Waals surface area contributed by atoms with Gasteiger partial charge >= 0.3 is 0 Å². The van der Waals surface area contributed by atoms with Gasteiger partial charge in [-0.2, -0.15) is 0 Å². The number of anilines is 1. The molecular formula is C12H15Cl3N2O2. The van der Waals surface area contributed by atoms with E-state index >= 15 is 0 Å². The van der Waals surface area contributed by atoms with Gasteiger partial charge in [-0.15, -0.1) is 12.4 Å². The van der Waals surface area contributed by atoms with E-state index in [1.807, 2.05) is 0 Å². The summed E-state index contributed by atoms with van der Waals surface area (Å²) in [4.78, 5) is 11.9. The molecule has 0 aromatic heterocycles. The summed E-state index contributed by atoms with van der Waals surface area (Å²) in [6, 6.07) is 3.11. The molecule has 0 radical (unpaired) electrons. The lowest BCUT2D eigenvalue weighted by atomic mass is 10.2. The summed E-state index contributed by atoms with van der Waals surface area (Å²) >= 11 is 12.0. The molecule has 7 heteroatoms. The van der Waals surface area contributed by atoms with Gasteiger partial charge in [0, 0.05) is 5.69 Å². The second-order valence-electron chi connectivity index (χ2n) is 4.11. The minimum Gasteiger partial charge on any atom is -0.494 e. The van der Waals surface area contributed by atoms with Crippen LogP contribution in [0.1, 0.15) is 12.8 Å². The van der Waals surface area contributed by atoms with Crippen LogP contribution in [-0.2, 0) is 4.79 Å². The topological polar surface area (TPSA) is 50.4 Å². The van der Waals surface area contributed by atoms with Crippen molar-refractivity contribution in [2.45, 2.75) is 18.9 Å². The van der Waals surface area contributed by atoms with Crippen molar-refractivity contribution < 1.29 is 9.53 Å². The first kappa shape index (κ1) is 16.4. The van der Waals surface area contributed by atoms with Crippen LogP contribution in [0.2, 0.25) is 10.0 Å². The minimum atomic E-state index is -0.135. The SMILES string of the molecule is COc1c(Cl)cc(NC(=O)C2CCCN2)cc1Cl.Cl. The number of hydrogen-bond acceptors (Lipinski definition) is 3. The predicted octanol–water partition coefficient (Wildman–Crippen LogP) is 3.11. The Morgan fingerprint density at radius 1 is 1.42 bits per heavy atom. The molecule has 0 bridgehead atoms. The third kappa shape index (κ3) is 3.89. The summed E-state index contributed by atoms with van der Waals surface area (Å²) < 4.78 is 5.05. The fraction of sp³-hybridized carbons (Fsp3) is 0.417. The molecule has 1 aromatic carbocycles. The zero-order valence-corrected chi connectivity index (χ0v) is 12.7. The van der Waals surface area contributed by atoms with Gasteiger partial charge in [0.15, 0.2) is 5.75 Å². The van der Waals surface area contributed by atoms with Crippen molar-refractivity contribution in [2.75, 3.05) is 19.0 Å². The van der Waals surface area contributed by atoms with Gasteiger partial charge < -0.3 is 15.4 Å². The van der Waals surface area contributed by atoms with Crippen LogP contribution in [0, 0.1) is 0 Å². The third-order valence-electron chi connectivity index (χ3n) is 2.85. The van der Waals surface area contributed by atoms with E-state index in [1.165, 1.54) is 7.11 Å². The van der Waals surface area contributed by atoms with Crippen LogP contribution < -0.4 is 15.4 Å². The number of amides is 1. The van der Waals surface area contributed by atoms with Crippen LogP contribution in [0.4, 0.5) is 5.69 Å². The molecule has 1 amide bonds. The highest BCUT2D eigenvalue weighted by atomic mass is 35.5. The molecule has 19 heavy (non-hydrogen) atoms. The first-order chi connectivity index (χ1) is 8.61. The van der Waals surface area contributed by atoms with Gasteiger partial charge in [0.05, 0.1) is 23.2 Å². The Morgan fingerprint density at radius 2 is 2.05 bits per heavy atom. The Balaban J connectivity index is 0.00000180. The Bertz CT molecular complexity index is 439. The molecule has 1 heterocycles. The highest BCUT2D eigenvalue weighted by molar-refractivity contribution is 6.37. The maximum atomic E-state index is 11.9. The number of ether oxygens (including phenoxy) is 1. The maximum absolute atomic E-state index is 11.9. The fourth-order valence-electron chi connectivity index (χ4n) is 1.96.